The summed E-state index contributed by atoms with van der Waals surface area (Å²) in [6.07, 6.45) is 4.12. The molecule has 0 unspecified atom stereocenters. The zero-order valence-electron chi connectivity index (χ0n) is 14.4. The SMILES string of the molecule is CCCCn1c2ccccc2c(=O)c2c(CC)ccc(CC)c21. The highest BCUT2D eigenvalue weighted by atomic mass is 16.1. The van der Waals surface area contributed by atoms with Crippen LogP contribution >= 0.6 is 0 Å². The predicted molar refractivity (Wildman–Crippen MR) is 99.4 cm³/mol. The fourth-order valence-corrected chi connectivity index (χ4v) is 3.52. The molecule has 0 aliphatic heterocycles. The van der Waals surface area contributed by atoms with Crippen LogP contribution < -0.4 is 5.43 Å². The number of hydrogen-bond donors (Lipinski definition) is 0. The second-order valence-electron chi connectivity index (χ2n) is 6.17. The number of fused-ring (bicyclic) bond motifs is 2. The molecule has 0 spiro atoms. The number of unbranched alkanes of at least 4 members (excludes halogenated alkanes) is 1. The van der Waals surface area contributed by atoms with Crippen molar-refractivity contribution in [3.63, 3.8) is 0 Å². The Morgan fingerprint density at radius 2 is 1.61 bits per heavy atom. The quantitative estimate of drug-likeness (QED) is 0.602. The van der Waals surface area contributed by atoms with Crippen LogP contribution in [-0.4, -0.2) is 4.57 Å². The summed E-state index contributed by atoms with van der Waals surface area (Å²) < 4.78 is 2.38. The van der Waals surface area contributed by atoms with Crippen molar-refractivity contribution in [2.45, 2.75) is 53.0 Å². The van der Waals surface area contributed by atoms with Crippen molar-refractivity contribution in [3.05, 3.63) is 57.7 Å². The Labute approximate surface area is 137 Å². The first-order valence-electron chi connectivity index (χ1n) is 8.78. The standard InChI is InChI=1S/C21H25NO/c1-4-7-14-22-18-11-9-8-10-17(18)21(23)19-15(5-2)12-13-16(6-3)20(19)22/h8-13H,4-7,14H2,1-3H3. The van der Waals surface area contributed by atoms with Crippen LogP contribution in [0, 0.1) is 0 Å². The highest BCUT2D eigenvalue weighted by molar-refractivity contribution is 5.96. The van der Waals surface area contributed by atoms with Gasteiger partial charge in [-0.15, -0.1) is 0 Å². The smallest absolute Gasteiger partial charge is 0.197 e. The molecule has 3 aromatic rings. The van der Waals surface area contributed by atoms with Gasteiger partial charge in [0.15, 0.2) is 5.43 Å². The van der Waals surface area contributed by atoms with Crippen molar-refractivity contribution in [2.75, 3.05) is 0 Å². The van der Waals surface area contributed by atoms with Crippen LogP contribution in [0.4, 0.5) is 0 Å². The summed E-state index contributed by atoms with van der Waals surface area (Å²) in [5, 5.41) is 1.78. The van der Waals surface area contributed by atoms with Crippen LogP contribution in [0.3, 0.4) is 0 Å². The number of nitrogens with zero attached hydrogens (tertiary/aromatic N) is 1. The Morgan fingerprint density at radius 3 is 2.30 bits per heavy atom. The summed E-state index contributed by atoms with van der Waals surface area (Å²) in [5.74, 6) is 0. The number of rotatable bonds is 5. The number of para-hydroxylation sites is 1. The lowest BCUT2D eigenvalue weighted by molar-refractivity contribution is 0.661. The van der Waals surface area contributed by atoms with E-state index in [1.807, 2.05) is 18.2 Å². The lowest BCUT2D eigenvalue weighted by atomic mass is 9.97. The Kier molecular flexibility index (Phi) is 4.51. The van der Waals surface area contributed by atoms with Gasteiger partial charge in [-0.2, -0.15) is 0 Å². The molecule has 120 valence electrons. The van der Waals surface area contributed by atoms with Crippen molar-refractivity contribution in [1.82, 2.24) is 4.57 Å². The molecule has 0 amide bonds. The minimum Gasteiger partial charge on any atom is -0.340 e. The van der Waals surface area contributed by atoms with E-state index in [4.69, 9.17) is 0 Å². The maximum Gasteiger partial charge on any atom is 0.197 e. The van der Waals surface area contributed by atoms with Gasteiger partial charge in [0.2, 0.25) is 0 Å². The van der Waals surface area contributed by atoms with Gasteiger partial charge in [-0.25, -0.2) is 0 Å². The number of aromatic nitrogens is 1. The topological polar surface area (TPSA) is 22.0 Å². The normalized spacial score (nSPS) is 11.4. The van der Waals surface area contributed by atoms with Gasteiger partial charge < -0.3 is 4.57 Å². The van der Waals surface area contributed by atoms with Gasteiger partial charge in [0.25, 0.3) is 0 Å². The summed E-state index contributed by atoms with van der Waals surface area (Å²) in [6, 6.07) is 12.4. The molecule has 0 saturated carbocycles. The number of benzene rings is 2. The molecule has 0 aliphatic rings. The van der Waals surface area contributed by atoms with Gasteiger partial charge >= 0.3 is 0 Å². The molecule has 23 heavy (non-hydrogen) atoms. The molecule has 3 rings (SSSR count). The number of aryl methyl sites for hydroxylation is 3. The third kappa shape index (κ3) is 2.56. The molecule has 2 heteroatoms. The average Bonchev–Trinajstić information content (AvgIpc) is 2.60. The number of pyridine rings is 1. The molecule has 1 aromatic heterocycles. The van der Waals surface area contributed by atoms with Crippen LogP contribution in [0.5, 0.6) is 0 Å². The van der Waals surface area contributed by atoms with E-state index in [2.05, 4.69) is 43.5 Å². The molecule has 0 saturated heterocycles. The zero-order chi connectivity index (χ0) is 16.4. The predicted octanol–water partition coefficient (Wildman–Crippen LogP) is 5.08. The maximum absolute atomic E-state index is 13.1. The molecular weight excluding hydrogens is 282 g/mol. The molecule has 0 atom stereocenters. The molecule has 1 heterocycles. The van der Waals surface area contributed by atoms with Crippen molar-refractivity contribution in [3.8, 4) is 0 Å². The summed E-state index contributed by atoms with van der Waals surface area (Å²) >= 11 is 0. The minimum atomic E-state index is 0.190. The van der Waals surface area contributed by atoms with Gasteiger partial charge in [0.05, 0.1) is 11.0 Å². The Balaban J connectivity index is 2.55. The van der Waals surface area contributed by atoms with Crippen molar-refractivity contribution >= 4 is 21.8 Å². The van der Waals surface area contributed by atoms with Gasteiger partial charge in [-0.05, 0) is 42.5 Å². The van der Waals surface area contributed by atoms with E-state index < -0.39 is 0 Å². The summed E-state index contributed by atoms with van der Waals surface area (Å²) in [7, 11) is 0. The van der Waals surface area contributed by atoms with Crippen LogP contribution in [0.25, 0.3) is 21.8 Å². The Bertz CT molecular complexity index is 905. The van der Waals surface area contributed by atoms with Crippen LogP contribution in [0.2, 0.25) is 0 Å². The van der Waals surface area contributed by atoms with Gasteiger partial charge in [0, 0.05) is 17.3 Å². The van der Waals surface area contributed by atoms with E-state index in [1.165, 1.54) is 11.1 Å². The highest BCUT2D eigenvalue weighted by Gasteiger charge is 2.15. The third-order valence-electron chi connectivity index (χ3n) is 4.78. The van der Waals surface area contributed by atoms with E-state index in [0.717, 1.165) is 54.0 Å². The largest absolute Gasteiger partial charge is 0.340 e. The Morgan fingerprint density at radius 1 is 0.913 bits per heavy atom. The van der Waals surface area contributed by atoms with E-state index in [-0.39, 0.29) is 5.43 Å². The molecule has 2 nitrogen and oxygen atoms in total. The first kappa shape index (κ1) is 15.8. The number of hydrogen-bond acceptors (Lipinski definition) is 1. The fraction of sp³-hybridized carbons (Fsp3) is 0.381. The van der Waals surface area contributed by atoms with Crippen LogP contribution in [0.1, 0.15) is 44.7 Å². The molecule has 0 bridgehead atoms. The fourth-order valence-electron chi connectivity index (χ4n) is 3.52. The zero-order valence-corrected chi connectivity index (χ0v) is 14.4. The molecule has 0 radical (unpaired) electrons. The molecule has 0 fully saturated rings. The van der Waals surface area contributed by atoms with Gasteiger partial charge in [-0.1, -0.05) is 51.5 Å². The first-order chi connectivity index (χ1) is 11.2. The molecular formula is C21H25NO. The minimum absolute atomic E-state index is 0.190. The summed E-state index contributed by atoms with van der Waals surface area (Å²) in [4.78, 5) is 13.1. The lowest BCUT2D eigenvalue weighted by Crippen LogP contribution is -2.15. The van der Waals surface area contributed by atoms with Gasteiger partial charge in [0.1, 0.15) is 0 Å². The van der Waals surface area contributed by atoms with Crippen molar-refractivity contribution in [2.24, 2.45) is 0 Å². The van der Waals surface area contributed by atoms with Crippen molar-refractivity contribution in [1.29, 1.82) is 0 Å². The van der Waals surface area contributed by atoms with E-state index >= 15 is 0 Å². The van der Waals surface area contributed by atoms with Gasteiger partial charge in [-0.3, -0.25) is 4.79 Å². The second-order valence-corrected chi connectivity index (χ2v) is 6.17. The molecule has 0 aliphatic carbocycles. The van der Waals surface area contributed by atoms with E-state index in [9.17, 15) is 4.79 Å². The lowest BCUT2D eigenvalue weighted by Gasteiger charge is -2.19. The maximum atomic E-state index is 13.1. The molecule has 2 aromatic carbocycles. The van der Waals surface area contributed by atoms with E-state index in [0.29, 0.717) is 0 Å². The van der Waals surface area contributed by atoms with Crippen LogP contribution in [-0.2, 0) is 19.4 Å². The summed E-state index contributed by atoms with van der Waals surface area (Å²) in [5.41, 5.74) is 4.86. The van der Waals surface area contributed by atoms with Crippen LogP contribution in [0.15, 0.2) is 41.2 Å². The van der Waals surface area contributed by atoms with Crippen molar-refractivity contribution < 1.29 is 0 Å². The molecule has 0 N–H and O–H groups in total. The first-order valence-corrected chi connectivity index (χ1v) is 8.78. The second kappa shape index (κ2) is 6.57. The Hall–Kier alpha value is -2.09. The highest BCUT2D eigenvalue weighted by Crippen LogP contribution is 2.26. The summed E-state index contributed by atoms with van der Waals surface area (Å²) in [6.45, 7) is 7.48. The van der Waals surface area contributed by atoms with E-state index in [1.54, 1.807) is 0 Å². The monoisotopic (exact) mass is 307 g/mol. The third-order valence-corrected chi connectivity index (χ3v) is 4.78. The average molecular weight is 307 g/mol.